The molecule has 0 radical (unpaired) electrons. The van der Waals surface area contributed by atoms with Crippen molar-refractivity contribution in [2.24, 2.45) is 0 Å². The normalized spacial score (nSPS) is 10.5. The van der Waals surface area contributed by atoms with Crippen molar-refractivity contribution in [3.05, 3.63) is 76.9 Å². The number of ether oxygens (including phenoxy) is 1. The molecule has 1 amide bonds. The summed E-state index contributed by atoms with van der Waals surface area (Å²) < 4.78 is 6.86. The van der Waals surface area contributed by atoms with E-state index < -0.39 is 0 Å². The van der Waals surface area contributed by atoms with Crippen LogP contribution in [0.25, 0.3) is 0 Å². The molecule has 0 unspecified atom stereocenters. The molecule has 3 aromatic rings. The van der Waals surface area contributed by atoms with Gasteiger partial charge in [-0.05, 0) is 35.4 Å². The van der Waals surface area contributed by atoms with Gasteiger partial charge in [0.2, 0.25) is 5.91 Å². The van der Waals surface area contributed by atoms with Crippen LogP contribution in [0.5, 0.6) is 5.75 Å². The molecule has 0 aliphatic rings. The summed E-state index contributed by atoms with van der Waals surface area (Å²) in [6.45, 7) is 0.558. The lowest BCUT2D eigenvalue weighted by Gasteiger charge is -2.09. The quantitative estimate of drug-likeness (QED) is 0.732. The Morgan fingerprint density at radius 1 is 1.08 bits per heavy atom. The molecular formula is C19H18ClN3O2. The predicted octanol–water partition coefficient (Wildman–Crippen LogP) is 3.77. The minimum atomic E-state index is -0.0944. The van der Waals surface area contributed by atoms with Gasteiger partial charge in [-0.25, -0.2) is 4.68 Å². The van der Waals surface area contributed by atoms with Gasteiger partial charge in [-0.3, -0.25) is 4.79 Å². The summed E-state index contributed by atoms with van der Waals surface area (Å²) in [6, 6.07) is 16.8. The van der Waals surface area contributed by atoms with Crippen LogP contribution in [-0.4, -0.2) is 22.8 Å². The average Bonchev–Trinajstić information content (AvgIpc) is 3.04. The van der Waals surface area contributed by atoms with Gasteiger partial charge in [-0.2, -0.15) is 5.10 Å². The number of amides is 1. The second-order valence-electron chi connectivity index (χ2n) is 5.57. The van der Waals surface area contributed by atoms with Gasteiger partial charge >= 0.3 is 0 Å². The zero-order valence-corrected chi connectivity index (χ0v) is 14.5. The SMILES string of the molecule is COc1ccc(CC(=O)Nc2ccnn2Cc2ccc(Cl)cc2)cc1. The first-order valence-corrected chi connectivity index (χ1v) is 8.21. The number of rotatable bonds is 6. The van der Waals surface area contributed by atoms with Crippen molar-refractivity contribution in [1.82, 2.24) is 9.78 Å². The highest BCUT2D eigenvalue weighted by atomic mass is 35.5. The molecule has 0 aliphatic heterocycles. The molecule has 0 saturated carbocycles. The fourth-order valence-corrected chi connectivity index (χ4v) is 2.57. The number of nitrogens with one attached hydrogen (secondary N) is 1. The molecule has 3 rings (SSSR count). The molecule has 0 atom stereocenters. The van der Waals surface area contributed by atoms with Gasteiger partial charge in [-0.15, -0.1) is 0 Å². The lowest BCUT2D eigenvalue weighted by atomic mass is 10.1. The number of benzene rings is 2. The Labute approximate surface area is 151 Å². The van der Waals surface area contributed by atoms with Gasteiger partial charge in [0.05, 0.1) is 26.3 Å². The van der Waals surface area contributed by atoms with Crippen LogP contribution in [0.4, 0.5) is 5.82 Å². The zero-order chi connectivity index (χ0) is 17.6. The standard InChI is InChI=1S/C19H18ClN3O2/c1-25-17-8-4-14(5-9-17)12-19(24)22-18-10-11-21-23(18)13-15-2-6-16(20)7-3-15/h2-11H,12-13H2,1H3,(H,22,24). The minimum absolute atomic E-state index is 0.0944. The van der Waals surface area contributed by atoms with Crippen LogP contribution >= 0.6 is 11.6 Å². The van der Waals surface area contributed by atoms with Crippen LogP contribution in [0.15, 0.2) is 60.8 Å². The summed E-state index contributed by atoms with van der Waals surface area (Å²) in [5.74, 6) is 1.33. The van der Waals surface area contributed by atoms with E-state index in [4.69, 9.17) is 16.3 Å². The average molecular weight is 356 g/mol. The maximum Gasteiger partial charge on any atom is 0.229 e. The fraction of sp³-hybridized carbons (Fsp3) is 0.158. The minimum Gasteiger partial charge on any atom is -0.497 e. The summed E-state index contributed by atoms with van der Waals surface area (Å²) in [6.07, 6.45) is 1.95. The number of methoxy groups -OCH3 is 1. The summed E-state index contributed by atoms with van der Waals surface area (Å²) in [5, 5.41) is 7.86. The van der Waals surface area contributed by atoms with E-state index in [-0.39, 0.29) is 12.3 Å². The van der Waals surface area contributed by atoms with Crippen molar-refractivity contribution >= 4 is 23.3 Å². The Morgan fingerprint density at radius 3 is 2.44 bits per heavy atom. The second kappa shape index (κ2) is 7.85. The molecule has 1 N–H and O–H groups in total. The van der Waals surface area contributed by atoms with E-state index in [2.05, 4.69) is 10.4 Å². The molecule has 0 spiro atoms. The van der Waals surface area contributed by atoms with Crippen molar-refractivity contribution in [3.8, 4) is 5.75 Å². The Bertz CT molecular complexity index is 842. The van der Waals surface area contributed by atoms with Crippen molar-refractivity contribution in [2.75, 3.05) is 12.4 Å². The van der Waals surface area contributed by atoms with E-state index in [1.807, 2.05) is 48.5 Å². The van der Waals surface area contributed by atoms with Gasteiger partial charge in [0.15, 0.2) is 0 Å². The Morgan fingerprint density at radius 2 is 1.76 bits per heavy atom. The molecule has 0 fully saturated rings. The van der Waals surface area contributed by atoms with E-state index in [9.17, 15) is 4.79 Å². The van der Waals surface area contributed by atoms with Crippen LogP contribution in [0, 0.1) is 0 Å². The molecule has 2 aromatic carbocycles. The first kappa shape index (κ1) is 17.0. The number of anilines is 1. The number of nitrogens with zero attached hydrogens (tertiary/aromatic N) is 2. The van der Waals surface area contributed by atoms with Crippen LogP contribution in [0.2, 0.25) is 5.02 Å². The highest BCUT2D eigenvalue weighted by molar-refractivity contribution is 6.30. The van der Waals surface area contributed by atoms with Crippen LogP contribution in [0.3, 0.4) is 0 Å². The summed E-state index contributed by atoms with van der Waals surface area (Å²) in [7, 11) is 1.61. The lowest BCUT2D eigenvalue weighted by Crippen LogP contribution is -2.18. The second-order valence-corrected chi connectivity index (χ2v) is 6.01. The third-order valence-corrected chi connectivity index (χ3v) is 4.01. The fourth-order valence-electron chi connectivity index (χ4n) is 2.44. The van der Waals surface area contributed by atoms with Gasteiger partial charge in [0.1, 0.15) is 11.6 Å². The van der Waals surface area contributed by atoms with E-state index in [0.717, 1.165) is 16.9 Å². The summed E-state index contributed by atoms with van der Waals surface area (Å²) in [4.78, 5) is 12.3. The Hall–Kier alpha value is -2.79. The number of carbonyl (C=O) groups excluding carboxylic acids is 1. The summed E-state index contributed by atoms with van der Waals surface area (Å²) in [5.41, 5.74) is 1.97. The van der Waals surface area contributed by atoms with E-state index >= 15 is 0 Å². The van der Waals surface area contributed by atoms with Gasteiger partial charge < -0.3 is 10.1 Å². The molecule has 1 heterocycles. The summed E-state index contributed by atoms with van der Waals surface area (Å²) >= 11 is 5.90. The van der Waals surface area contributed by atoms with Gasteiger partial charge in [0.25, 0.3) is 0 Å². The molecule has 0 saturated heterocycles. The molecule has 6 heteroatoms. The van der Waals surface area contributed by atoms with Crippen molar-refractivity contribution < 1.29 is 9.53 Å². The molecule has 0 bridgehead atoms. The third kappa shape index (κ3) is 4.61. The largest absolute Gasteiger partial charge is 0.497 e. The Balaban J connectivity index is 1.63. The van der Waals surface area contributed by atoms with E-state index in [1.165, 1.54) is 0 Å². The highest BCUT2D eigenvalue weighted by Gasteiger charge is 2.09. The zero-order valence-electron chi connectivity index (χ0n) is 13.8. The number of aromatic nitrogens is 2. The van der Waals surface area contributed by atoms with Crippen molar-refractivity contribution in [2.45, 2.75) is 13.0 Å². The van der Waals surface area contributed by atoms with Gasteiger partial charge in [-0.1, -0.05) is 35.9 Å². The third-order valence-electron chi connectivity index (χ3n) is 3.75. The molecule has 25 heavy (non-hydrogen) atoms. The van der Waals surface area contributed by atoms with Crippen LogP contribution in [0.1, 0.15) is 11.1 Å². The first-order chi connectivity index (χ1) is 12.1. The smallest absolute Gasteiger partial charge is 0.229 e. The molecule has 128 valence electrons. The maximum absolute atomic E-state index is 12.3. The van der Waals surface area contributed by atoms with Crippen molar-refractivity contribution in [1.29, 1.82) is 0 Å². The molecule has 0 aliphatic carbocycles. The number of carbonyl (C=O) groups is 1. The first-order valence-electron chi connectivity index (χ1n) is 7.83. The van der Waals surface area contributed by atoms with Gasteiger partial charge in [0, 0.05) is 11.1 Å². The number of halogens is 1. The molecule has 1 aromatic heterocycles. The molecular weight excluding hydrogens is 338 g/mol. The highest BCUT2D eigenvalue weighted by Crippen LogP contribution is 2.15. The van der Waals surface area contributed by atoms with E-state index in [1.54, 1.807) is 24.1 Å². The van der Waals surface area contributed by atoms with Crippen molar-refractivity contribution in [3.63, 3.8) is 0 Å². The maximum atomic E-state index is 12.3. The Kier molecular flexibility index (Phi) is 5.36. The molecule has 5 nitrogen and oxygen atoms in total. The number of hydrogen-bond donors (Lipinski definition) is 1. The predicted molar refractivity (Wildman–Crippen MR) is 98.1 cm³/mol. The monoisotopic (exact) mass is 355 g/mol. The lowest BCUT2D eigenvalue weighted by molar-refractivity contribution is -0.115. The van der Waals surface area contributed by atoms with Crippen LogP contribution < -0.4 is 10.1 Å². The topological polar surface area (TPSA) is 56.1 Å². The van der Waals surface area contributed by atoms with E-state index in [0.29, 0.717) is 17.4 Å². The van der Waals surface area contributed by atoms with Crippen LogP contribution in [-0.2, 0) is 17.8 Å². The number of hydrogen-bond acceptors (Lipinski definition) is 3.